The number of carbonyl (C=O) groups excluding carboxylic acids is 1. The van der Waals surface area contributed by atoms with E-state index in [2.05, 4.69) is 34.9 Å². The highest BCUT2D eigenvalue weighted by Gasteiger charge is 2.50. The molecular weight excluding hydrogens is 262 g/mol. The van der Waals surface area contributed by atoms with Crippen LogP contribution in [0.5, 0.6) is 0 Å². The zero-order valence-corrected chi connectivity index (χ0v) is 11.9. The Morgan fingerprint density at radius 3 is 2.76 bits per heavy atom. The van der Waals surface area contributed by atoms with Crippen molar-refractivity contribution in [3.8, 4) is 0 Å². The minimum atomic E-state index is -0.549. The van der Waals surface area contributed by atoms with Crippen LogP contribution >= 0.6 is 0 Å². The zero-order chi connectivity index (χ0) is 14.4. The van der Waals surface area contributed by atoms with Crippen molar-refractivity contribution in [2.24, 2.45) is 0 Å². The lowest BCUT2D eigenvalue weighted by Gasteiger charge is -2.43. The number of rotatable bonds is 1. The van der Waals surface area contributed by atoms with E-state index in [1.54, 1.807) is 0 Å². The fourth-order valence-corrected chi connectivity index (χ4v) is 3.46. The van der Waals surface area contributed by atoms with Crippen molar-refractivity contribution >= 4 is 11.7 Å². The number of hydrogen-bond acceptors (Lipinski definition) is 2. The molecule has 2 aliphatic heterocycles. The van der Waals surface area contributed by atoms with Gasteiger partial charge in [0.05, 0.1) is 0 Å². The number of benzene rings is 2. The molecule has 106 valence electrons. The maximum absolute atomic E-state index is 12.5. The van der Waals surface area contributed by atoms with Gasteiger partial charge in [-0.25, -0.2) is 4.79 Å². The number of urea groups is 1. The average Bonchev–Trinajstić information content (AvgIpc) is 2.94. The Kier molecular flexibility index (Phi) is 2.56. The lowest BCUT2D eigenvalue weighted by Crippen LogP contribution is -2.56. The second-order valence-electron chi connectivity index (χ2n) is 5.63. The number of nitrogens with zero attached hydrogens (tertiary/aromatic N) is 1. The van der Waals surface area contributed by atoms with E-state index in [1.165, 1.54) is 0 Å². The SMILES string of the molecule is Cc1ccc2c(c1)NC(=O)N1CCNC21c1ccccc1. The van der Waals surface area contributed by atoms with Gasteiger partial charge in [0.15, 0.2) is 0 Å². The van der Waals surface area contributed by atoms with Crippen molar-refractivity contribution in [2.45, 2.75) is 12.6 Å². The molecule has 21 heavy (non-hydrogen) atoms. The minimum absolute atomic E-state index is 0.0399. The number of aryl methyl sites for hydroxylation is 1. The standard InChI is InChI=1S/C17H17N3O/c1-12-7-8-14-15(11-12)19-16(21)20-10-9-18-17(14,20)13-5-3-2-4-6-13/h2-8,11,18H,9-10H2,1H3,(H,19,21). The van der Waals surface area contributed by atoms with E-state index in [-0.39, 0.29) is 6.03 Å². The van der Waals surface area contributed by atoms with Crippen molar-refractivity contribution in [3.63, 3.8) is 0 Å². The third kappa shape index (κ3) is 1.63. The lowest BCUT2D eigenvalue weighted by molar-refractivity contribution is 0.165. The summed E-state index contributed by atoms with van der Waals surface area (Å²) in [5.74, 6) is 0. The van der Waals surface area contributed by atoms with Gasteiger partial charge in [-0.05, 0) is 24.1 Å². The summed E-state index contributed by atoms with van der Waals surface area (Å²) in [6, 6.07) is 16.4. The molecule has 2 aromatic rings. The summed E-state index contributed by atoms with van der Waals surface area (Å²) < 4.78 is 0. The molecule has 0 aliphatic carbocycles. The number of nitrogens with one attached hydrogen (secondary N) is 2. The first-order valence-corrected chi connectivity index (χ1v) is 7.22. The Morgan fingerprint density at radius 2 is 1.95 bits per heavy atom. The van der Waals surface area contributed by atoms with E-state index < -0.39 is 5.66 Å². The van der Waals surface area contributed by atoms with Gasteiger partial charge in [-0.2, -0.15) is 0 Å². The quantitative estimate of drug-likeness (QED) is 0.843. The van der Waals surface area contributed by atoms with E-state index >= 15 is 0 Å². The van der Waals surface area contributed by atoms with Crippen molar-refractivity contribution in [3.05, 3.63) is 65.2 Å². The molecule has 0 bridgehead atoms. The first kappa shape index (κ1) is 12.4. The van der Waals surface area contributed by atoms with Gasteiger partial charge in [0, 0.05) is 24.3 Å². The van der Waals surface area contributed by atoms with E-state index in [0.717, 1.165) is 28.9 Å². The predicted octanol–water partition coefficient (Wildman–Crippen LogP) is 2.65. The highest BCUT2D eigenvalue weighted by atomic mass is 16.2. The summed E-state index contributed by atoms with van der Waals surface area (Å²) in [6.45, 7) is 3.53. The van der Waals surface area contributed by atoms with Crippen molar-refractivity contribution < 1.29 is 4.79 Å². The van der Waals surface area contributed by atoms with Gasteiger partial charge in [-0.3, -0.25) is 10.2 Å². The van der Waals surface area contributed by atoms with Crippen molar-refractivity contribution in [1.82, 2.24) is 10.2 Å². The molecule has 0 spiro atoms. The molecule has 2 heterocycles. The third-order valence-electron chi connectivity index (χ3n) is 4.36. The van der Waals surface area contributed by atoms with Crippen LogP contribution in [0, 0.1) is 6.92 Å². The first-order valence-electron chi connectivity index (χ1n) is 7.22. The topological polar surface area (TPSA) is 44.4 Å². The Morgan fingerprint density at radius 1 is 1.14 bits per heavy atom. The highest BCUT2D eigenvalue weighted by molar-refractivity contribution is 5.95. The Bertz CT molecular complexity index is 713. The van der Waals surface area contributed by atoms with Crippen LogP contribution in [0.2, 0.25) is 0 Å². The molecule has 0 aromatic heterocycles. The minimum Gasteiger partial charge on any atom is -0.307 e. The first-order chi connectivity index (χ1) is 10.2. The molecule has 4 nitrogen and oxygen atoms in total. The van der Waals surface area contributed by atoms with Gasteiger partial charge < -0.3 is 5.32 Å². The van der Waals surface area contributed by atoms with Crippen LogP contribution in [-0.2, 0) is 5.66 Å². The van der Waals surface area contributed by atoms with Crippen LogP contribution in [0.15, 0.2) is 48.5 Å². The molecule has 1 saturated heterocycles. The molecule has 2 aliphatic rings. The maximum Gasteiger partial charge on any atom is 0.323 e. The summed E-state index contributed by atoms with van der Waals surface area (Å²) >= 11 is 0. The van der Waals surface area contributed by atoms with Crippen LogP contribution in [0.1, 0.15) is 16.7 Å². The summed E-state index contributed by atoms with van der Waals surface area (Å²) in [5, 5.41) is 6.57. The summed E-state index contributed by atoms with van der Waals surface area (Å²) in [4.78, 5) is 14.4. The zero-order valence-electron chi connectivity index (χ0n) is 11.9. The largest absolute Gasteiger partial charge is 0.323 e. The second kappa shape index (κ2) is 4.33. The van der Waals surface area contributed by atoms with Crippen LogP contribution < -0.4 is 10.6 Å². The predicted molar refractivity (Wildman–Crippen MR) is 82.1 cm³/mol. The molecular formula is C17H17N3O. The fraction of sp³-hybridized carbons (Fsp3) is 0.235. The third-order valence-corrected chi connectivity index (χ3v) is 4.36. The van der Waals surface area contributed by atoms with Crippen LogP contribution in [0.25, 0.3) is 0 Å². The molecule has 1 atom stereocenters. The van der Waals surface area contributed by atoms with Gasteiger partial charge in [0.2, 0.25) is 0 Å². The lowest BCUT2D eigenvalue weighted by atomic mass is 9.87. The van der Waals surface area contributed by atoms with Crippen LogP contribution in [0.4, 0.5) is 10.5 Å². The second-order valence-corrected chi connectivity index (χ2v) is 5.63. The molecule has 0 radical (unpaired) electrons. The van der Waals surface area contributed by atoms with Crippen LogP contribution in [-0.4, -0.2) is 24.0 Å². The molecule has 1 unspecified atom stereocenters. The van der Waals surface area contributed by atoms with E-state index in [1.807, 2.05) is 36.1 Å². The molecule has 2 aromatic carbocycles. The number of carbonyl (C=O) groups is 1. The van der Waals surface area contributed by atoms with Gasteiger partial charge in [-0.15, -0.1) is 0 Å². The highest BCUT2D eigenvalue weighted by Crippen LogP contribution is 2.43. The summed E-state index contributed by atoms with van der Waals surface area (Å²) in [7, 11) is 0. The number of fused-ring (bicyclic) bond motifs is 3. The molecule has 1 fully saturated rings. The number of amides is 2. The van der Waals surface area contributed by atoms with Crippen LogP contribution in [0.3, 0.4) is 0 Å². The Balaban J connectivity index is 2.01. The van der Waals surface area contributed by atoms with Gasteiger partial charge in [-0.1, -0.05) is 42.5 Å². The summed E-state index contributed by atoms with van der Waals surface area (Å²) in [5.41, 5.74) is 3.70. The molecule has 2 N–H and O–H groups in total. The van der Waals surface area contributed by atoms with Crippen molar-refractivity contribution in [1.29, 1.82) is 0 Å². The Hall–Kier alpha value is -2.33. The number of anilines is 1. The Labute approximate surface area is 123 Å². The van der Waals surface area contributed by atoms with Gasteiger partial charge in [0.1, 0.15) is 5.66 Å². The molecule has 2 amide bonds. The van der Waals surface area contributed by atoms with E-state index in [4.69, 9.17) is 0 Å². The van der Waals surface area contributed by atoms with Gasteiger partial charge >= 0.3 is 6.03 Å². The van der Waals surface area contributed by atoms with E-state index in [9.17, 15) is 4.79 Å². The molecule has 4 rings (SSSR count). The van der Waals surface area contributed by atoms with Crippen molar-refractivity contribution in [2.75, 3.05) is 18.4 Å². The normalized spacial score (nSPS) is 23.5. The van der Waals surface area contributed by atoms with E-state index in [0.29, 0.717) is 6.54 Å². The average molecular weight is 279 g/mol. The smallest absolute Gasteiger partial charge is 0.307 e. The van der Waals surface area contributed by atoms with Gasteiger partial charge in [0.25, 0.3) is 0 Å². The fourth-order valence-electron chi connectivity index (χ4n) is 3.46. The summed E-state index contributed by atoms with van der Waals surface area (Å²) in [6.07, 6.45) is 0. The molecule has 4 heteroatoms. The maximum atomic E-state index is 12.5. The number of hydrogen-bond donors (Lipinski definition) is 2. The molecule has 0 saturated carbocycles. The monoisotopic (exact) mass is 279 g/mol.